The van der Waals surface area contributed by atoms with Gasteiger partial charge in [0.25, 0.3) is 5.91 Å². The Kier molecular flexibility index (Phi) is 5.83. The highest BCUT2D eigenvalue weighted by Crippen LogP contribution is 2.23. The standard InChI is InChI=1S/C14H18ClNO3/c1-4-9(2)16-14(18)8-19-13-6-5-11(15)7-12(13)10(3)17/h5-7,9H,4,8H2,1-3H3,(H,16,18). The van der Waals surface area contributed by atoms with Gasteiger partial charge in [0.15, 0.2) is 12.4 Å². The van der Waals surface area contributed by atoms with Crippen molar-refractivity contribution in [3.63, 3.8) is 0 Å². The Hall–Kier alpha value is -1.55. The van der Waals surface area contributed by atoms with E-state index in [-0.39, 0.29) is 24.3 Å². The SMILES string of the molecule is CCC(C)NC(=O)COc1ccc(Cl)cc1C(C)=O. The number of carbonyl (C=O) groups is 2. The summed E-state index contributed by atoms with van der Waals surface area (Å²) >= 11 is 5.82. The molecule has 1 amide bonds. The summed E-state index contributed by atoms with van der Waals surface area (Å²) in [5, 5.41) is 3.24. The minimum absolute atomic E-state index is 0.105. The molecule has 0 heterocycles. The quantitative estimate of drug-likeness (QED) is 0.817. The van der Waals surface area contributed by atoms with E-state index in [4.69, 9.17) is 16.3 Å². The first-order chi connectivity index (χ1) is 8.93. The monoisotopic (exact) mass is 283 g/mol. The van der Waals surface area contributed by atoms with Crippen molar-refractivity contribution in [1.82, 2.24) is 5.32 Å². The zero-order chi connectivity index (χ0) is 14.4. The third-order valence-corrected chi connectivity index (χ3v) is 2.93. The van der Waals surface area contributed by atoms with Gasteiger partial charge in [-0.05, 0) is 38.5 Å². The highest BCUT2D eigenvalue weighted by molar-refractivity contribution is 6.31. The van der Waals surface area contributed by atoms with Gasteiger partial charge in [-0.3, -0.25) is 9.59 Å². The van der Waals surface area contributed by atoms with Gasteiger partial charge in [0.2, 0.25) is 0 Å². The minimum atomic E-state index is -0.209. The summed E-state index contributed by atoms with van der Waals surface area (Å²) in [7, 11) is 0. The van der Waals surface area contributed by atoms with E-state index >= 15 is 0 Å². The lowest BCUT2D eigenvalue weighted by Crippen LogP contribution is -2.35. The third kappa shape index (κ3) is 4.91. The minimum Gasteiger partial charge on any atom is -0.483 e. The van der Waals surface area contributed by atoms with E-state index in [1.165, 1.54) is 13.0 Å². The molecule has 5 heteroatoms. The second kappa shape index (κ2) is 7.14. The van der Waals surface area contributed by atoms with E-state index in [1.807, 2.05) is 13.8 Å². The van der Waals surface area contributed by atoms with Crippen molar-refractivity contribution >= 4 is 23.3 Å². The molecule has 4 nitrogen and oxygen atoms in total. The molecule has 19 heavy (non-hydrogen) atoms. The average molecular weight is 284 g/mol. The highest BCUT2D eigenvalue weighted by Gasteiger charge is 2.12. The van der Waals surface area contributed by atoms with E-state index < -0.39 is 0 Å². The van der Waals surface area contributed by atoms with Gasteiger partial charge in [-0.25, -0.2) is 0 Å². The van der Waals surface area contributed by atoms with Crippen molar-refractivity contribution in [1.29, 1.82) is 0 Å². The van der Waals surface area contributed by atoms with Crippen LogP contribution in [0.25, 0.3) is 0 Å². The normalized spacial score (nSPS) is 11.8. The predicted molar refractivity (Wildman–Crippen MR) is 74.8 cm³/mol. The Morgan fingerprint density at radius 2 is 2.11 bits per heavy atom. The highest BCUT2D eigenvalue weighted by atomic mass is 35.5. The lowest BCUT2D eigenvalue weighted by Gasteiger charge is -2.13. The summed E-state index contributed by atoms with van der Waals surface area (Å²) in [6.07, 6.45) is 0.853. The number of ketones is 1. The summed E-state index contributed by atoms with van der Waals surface area (Å²) in [6, 6.07) is 4.85. The molecule has 1 atom stereocenters. The summed E-state index contributed by atoms with van der Waals surface area (Å²) in [5.41, 5.74) is 0.379. The fourth-order valence-corrected chi connectivity index (χ4v) is 1.64. The van der Waals surface area contributed by atoms with Gasteiger partial charge in [0.1, 0.15) is 5.75 Å². The predicted octanol–water partition coefficient (Wildman–Crippen LogP) is 2.84. The first-order valence-electron chi connectivity index (χ1n) is 6.16. The fourth-order valence-electron chi connectivity index (χ4n) is 1.47. The van der Waals surface area contributed by atoms with Crippen LogP contribution in [0.1, 0.15) is 37.6 Å². The average Bonchev–Trinajstić information content (AvgIpc) is 2.36. The number of hydrogen-bond acceptors (Lipinski definition) is 3. The maximum atomic E-state index is 11.6. The van der Waals surface area contributed by atoms with Crippen LogP contribution in [-0.2, 0) is 4.79 Å². The van der Waals surface area contributed by atoms with Gasteiger partial charge in [0, 0.05) is 11.1 Å². The van der Waals surface area contributed by atoms with Crippen LogP contribution in [0.15, 0.2) is 18.2 Å². The van der Waals surface area contributed by atoms with Crippen molar-refractivity contribution < 1.29 is 14.3 Å². The fraction of sp³-hybridized carbons (Fsp3) is 0.429. The number of ether oxygens (including phenoxy) is 1. The molecule has 0 spiro atoms. The molecule has 0 bridgehead atoms. The van der Waals surface area contributed by atoms with Gasteiger partial charge >= 0.3 is 0 Å². The Bertz CT molecular complexity index is 474. The first kappa shape index (κ1) is 15.5. The van der Waals surface area contributed by atoms with Crippen LogP contribution in [0.2, 0.25) is 5.02 Å². The molecule has 0 radical (unpaired) electrons. The number of rotatable bonds is 6. The molecule has 104 valence electrons. The smallest absolute Gasteiger partial charge is 0.258 e. The van der Waals surface area contributed by atoms with Crippen LogP contribution in [0.4, 0.5) is 0 Å². The van der Waals surface area contributed by atoms with Gasteiger partial charge in [-0.15, -0.1) is 0 Å². The Morgan fingerprint density at radius 1 is 1.42 bits per heavy atom. The molecular weight excluding hydrogens is 266 g/mol. The molecule has 0 fully saturated rings. The van der Waals surface area contributed by atoms with Gasteiger partial charge in [-0.2, -0.15) is 0 Å². The molecule has 1 aromatic carbocycles. The number of amides is 1. The molecule has 1 N–H and O–H groups in total. The maximum Gasteiger partial charge on any atom is 0.258 e. The lowest BCUT2D eigenvalue weighted by atomic mass is 10.1. The largest absolute Gasteiger partial charge is 0.483 e. The molecule has 1 aromatic rings. The molecule has 0 aliphatic heterocycles. The van der Waals surface area contributed by atoms with Crippen molar-refractivity contribution in [3.8, 4) is 5.75 Å². The zero-order valence-electron chi connectivity index (χ0n) is 11.3. The number of halogens is 1. The van der Waals surface area contributed by atoms with Gasteiger partial charge in [-0.1, -0.05) is 18.5 Å². The van der Waals surface area contributed by atoms with Crippen LogP contribution >= 0.6 is 11.6 Å². The summed E-state index contributed by atoms with van der Waals surface area (Å²) in [5.74, 6) is 0.00911. The van der Waals surface area contributed by atoms with Crippen LogP contribution in [0, 0.1) is 0 Å². The first-order valence-corrected chi connectivity index (χ1v) is 6.54. The van der Waals surface area contributed by atoms with Crippen LogP contribution < -0.4 is 10.1 Å². The van der Waals surface area contributed by atoms with Crippen molar-refractivity contribution in [2.75, 3.05) is 6.61 Å². The second-order valence-electron chi connectivity index (χ2n) is 4.36. The topological polar surface area (TPSA) is 55.4 Å². The molecule has 0 saturated carbocycles. The van der Waals surface area contributed by atoms with Crippen molar-refractivity contribution in [2.45, 2.75) is 33.2 Å². The van der Waals surface area contributed by atoms with E-state index in [9.17, 15) is 9.59 Å². The number of carbonyl (C=O) groups excluding carboxylic acids is 2. The molecule has 0 aliphatic rings. The second-order valence-corrected chi connectivity index (χ2v) is 4.80. The maximum absolute atomic E-state index is 11.6. The Morgan fingerprint density at radius 3 is 2.68 bits per heavy atom. The van der Waals surface area contributed by atoms with Crippen molar-refractivity contribution in [3.05, 3.63) is 28.8 Å². The van der Waals surface area contributed by atoms with E-state index in [0.29, 0.717) is 16.3 Å². The number of benzene rings is 1. The van der Waals surface area contributed by atoms with Crippen molar-refractivity contribution in [2.24, 2.45) is 0 Å². The van der Waals surface area contributed by atoms with Crippen LogP contribution in [-0.4, -0.2) is 24.3 Å². The molecule has 1 rings (SSSR count). The van der Waals surface area contributed by atoms with Crippen LogP contribution in [0.3, 0.4) is 0 Å². The number of nitrogens with one attached hydrogen (secondary N) is 1. The van der Waals surface area contributed by atoms with E-state index in [0.717, 1.165) is 6.42 Å². The Balaban J connectivity index is 2.67. The molecule has 0 aromatic heterocycles. The molecular formula is C14H18ClNO3. The van der Waals surface area contributed by atoms with Gasteiger partial charge in [0.05, 0.1) is 5.56 Å². The lowest BCUT2D eigenvalue weighted by molar-refractivity contribution is -0.123. The van der Waals surface area contributed by atoms with E-state index in [1.54, 1.807) is 12.1 Å². The number of hydrogen-bond donors (Lipinski definition) is 1. The molecule has 1 unspecified atom stereocenters. The summed E-state index contributed by atoms with van der Waals surface area (Å²) < 4.78 is 5.37. The van der Waals surface area contributed by atoms with Crippen LogP contribution in [0.5, 0.6) is 5.75 Å². The van der Waals surface area contributed by atoms with E-state index in [2.05, 4.69) is 5.32 Å². The summed E-state index contributed by atoms with van der Waals surface area (Å²) in [6.45, 7) is 5.21. The molecule has 0 saturated heterocycles. The Labute approximate surface area is 118 Å². The third-order valence-electron chi connectivity index (χ3n) is 2.70. The van der Waals surface area contributed by atoms with Gasteiger partial charge < -0.3 is 10.1 Å². The zero-order valence-corrected chi connectivity index (χ0v) is 12.1. The molecule has 0 aliphatic carbocycles. The number of Topliss-reactive ketones (excluding diaryl/α,β-unsaturated/α-hetero) is 1. The summed E-state index contributed by atoms with van der Waals surface area (Å²) in [4.78, 5) is 23.0.